The van der Waals surface area contributed by atoms with E-state index in [-0.39, 0.29) is 17.9 Å². The maximum Gasteiger partial charge on any atom is 0.371 e. The lowest BCUT2D eigenvalue weighted by Crippen LogP contribution is -2.45. The van der Waals surface area contributed by atoms with Crippen LogP contribution in [0.4, 0.5) is 0 Å². The zero-order chi connectivity index (χ0) is 13.2. The minimum atomic E-state index is -1.05. The number of hydrogen-bond acceptors (Lipinski definition) is 4. The van der Waals surface area contributed by atoms with Gasteiger partial charge in [-0.15, -0.1) is 0 Å². The summed E-state index contributed by atoms with van der Waals surface area (Å²) in [6.07, 6.45) is 4.18. The van der Waals surface area contributed by atoms with Gasteiger partial charge in [0.15, 0.2) is 0 Å². The van der Waals surface area contributed by atoms with Gasteiger partial charge in [0.05, 0.1) is 6.61 Å². The van der Waals surface area contributed by atoms with Crippen LogP contribution in [-0.2, 0) is 6.54 Å². The van der Waals surface area contributed by atoms with Crippen LogP contribution in [0.5, 0.6) is 0 Å². The number of aliphatic hydroxyl groups excluding tert-OH is 1. The molecule has 0 unspecified atom stereocenters. The molecule has 5 heteroatoms. The van der Waals surface area contributed by atoms with E-state index >= 15 is 0 Å². The number of rotatable bonds is 5. The van der Waals surface area contributed by atoms with Gasteiger partial charge in [-0.3, -0.25) is 0 Å². The van der Waals surface area contributed by atoms with Gasteiger partial charge >= 0.3 is 5.97 Å². The van der Waals surface area contributed by atoms with Gasteiger partial charge in [0, 0.05) is 17.6 Å². The second kappa shape index (κ2) is 5.12. The largest absolute Gasteiger partial charge is 0.475 e. The molecular formula is C13H19NO4. The molecule has 1 aromatic rings. The first-order valence-electron chi connectivity index (χ1n) is 6.25. The summed E-state index contributed by atoms with van der Waals surface area (Å²) in [7, 11) is 0. The lowest BCUT2D eigenvalue weighted by Gasteiger charge is -2.28. The first-order valence-corrected chi connectivity index (χ1v) is 6.25. The maximum atomic E-state index is 10.8. The Kier molecular flexibility index (Phi) is 3.73. The third-order valence-corrected chi connectivity index (χ3v) is 3.75. The molecule has 1 heterocycles. The second-order valence-corrected chi connectivity index (χ2v) is 5.00. The number of carboxylic acid groups (broad SMARTS) is 1. The van der Waals surface area contributed by atoms with Gasteiger partial charge < -0.3 is 19.9 Å². The molecule has 0 bridgehead atoms. The van der Waals surface area contributed by atoms with Crippen molar-refractivity contribution in [1.82, 2.24) is 5.32 Å². The number of aliphatic hydroxyl groups is 1. The fourth-order valence-electron chi connectivity index (χ4n) is 2.53. The Morgan fingerprint density at radius 3 is 2.67 bits per heavy atom. The maximum absolute atomic E-state index is 10.8. The van der Waals surface area contributed by atoms with Crippen molar-refractivity contribution in [3.8, 4) is 0 Å². The third kappa shape index (κ3) is 2.57. The van der Waals surface area contributed by atoms with Crippen LogP contribution in [0.25, 0.3) is 0 Å². The Morgan fingerprint density at radius 1 is 1.50 bits per heavy atom. The number of furan rings is 1. The molecule has 0 aromatic carbocycles. The molecule has 0 radical (unpaired) electrons. The summed E-state index contributed by atoms with van der Waals surface area (Å²) in [5, 5.41) is 21.7. The lowest BCUT2D eigenvalue weighted by molar-refractivity contribution is 0.0661. The normalized spacial score (nSPS) is 18.1. The van der Waals surface area contributed by atoms with Crippen LogP contribution in [0.3, 0.4) is 0 Å². The third-order valence-electron chi connectivity index (χ3n) is 3.75. The van der Waals surface area contributed by atoms with E-state index in [0.29, 0.717) is 12.3 Å². The zero-order valence-corrected chi connectivity index (χ0v) is 10.5. The summed E-state index contributed by atoms with van der Waals surface area (Å²) in [6, 6.07) is 1.55. The van der Waals surface area contributed by atoms with Gasteiger partial charge in [-0.05, 0) is 25.8 Å². The molecule has 1 aliphatic rings. The van der Waals surface area contributed by atoms with Crippen LogP contribution < -0.4 is 5.32 Å². The molecule has 1 aliphatic carbocycles. The van der Waals surface area contributed by atoms with E-state index in [1.54, 1.807) is 13.0 Å². The van der Waals surface area contributed by atoms with Gasteiger partial charge in [-0.2, -0.15) is 0 Å². The van der Waals surface area contributed by atoms with Gasteiger partial charge in [0.2, 0.25) is 5.76 Å². The van der Waals surface area contributed by atoms with Crippen LogP contribution in [0, 0.1) is 6.92 Å². The number of nitrogens with one attached hydrogen (secondary N) is 1. The molecule has 1 fully saturated rings. The fourth-order valence-corrected chi connectivity index (χ4v) is 2.53. The Labute approximate surface area is 106 Å². The summed E-state index contributed by atoms with van der Waals surface area (Å²) >= 11 is 0. The molecule has 0 aliphatic heterocycles. The summed E-state index contributed by atoms with van der Waals surface area (Å²) in [4.78, 5) is 10.8. The monoisotopic (exact) mass is 253 g/mol. The van der Waals surface area contributed by atoms with E-state index in [1.165, 1.54) is 0 Å². The predicted octanol–water partition coefficient (Wildman–Crippen LogP) is 1.68. The van der Waals surface area contributed by atoms with Crippen LogP contribution in [0.15, 0.2) is 10.5 Å². The highest BCUT2D eigenvalue weighted by atomic mass is 16.4. The fraction of sp³-hybridized carbons (Fsp3) is 0.615. The lowest BCUT2D eigenvalue weighted by atomic mass is 9.98. The molecule has 18 heavy (non-hydrogen) atoms. The van der Waals surface area contributed by atoms with Crippen molar-refractivity contribution < 1.29 is 19.4 Å². The number of carboxylic acids is 1. The minimum absolute atomic E-state index is 0.0335. The first kappa shape index (κ1) is 13.1. The van der Waals surface area contributed by atoms with Crippen molar-refractivity contribution >= 4 is 5.97 Å². The van der Waals surface area contributed by atoms with Crippen LogP contribution in [0.2, 0.25) is 0 Å². The number of hydrogen-bond donors (Lipinski definition) is 3. The van der Waals surface area contributed by atoms with Crippen LogP contribution >= 0.6 is 0 Å². The van der Waals surface area contributed by atoms with Gasteiger partial charge in [0.1, 0.15) is 5.76 Å². The predicted molar refractivity (Wildman–Crippen MR) is 65.5 cm³/mol. The molecule has 5 nitrogen and oxygen atoms in total. The van der Waals surface area contributed by atoms with Crippen LogP contribution in [0.1, 0.15) is 47.6 Å². The minimum Gasteiger partial charge on any atom is -0.475 e. The molecule has 0 atom stereocenters. The Bertz CT molecular complexity index is 432. The molecule has 0 spiro atoms. The van der Waals surface area contributed by atoms with Crippen LogP contribution in [-0.4, -0.2) is 28.3 Å². The SMILES string of the molecule is Cc1oc(C(=O)O)cc1CNC1(CO)CCCC1. The average molecular weight is 253 g/mol. The molecular weight excluding hydrogens is 234 g/mol. The number of aromatic carboxylic acids is 1. The highest BCUT2D eigenvalue weighted by molar-refractivity contribution is 5.84. The van der Waals surface area contributed by atoms with E-state index in [0.717, 1.165) is 31.2 Å². The molecule has 1 aromatic heterocycles. The second-order valence-electron chi connectivity index (χ2n) is 5.00. The molecule has 0 saturated heterocycles. The average Bonchev–Trinajstić information content (AvgIpc) is 2.94. The highest BCUT2D eigenvalue weighted by Gasteiger charge is 2.32. The number of carbonyl (C=O) groups is 1. The zero-order valence-electron chi connectivity index (χ0n) is 10.5. The Hall–Kier alpha value is -1.33. The van der Waals surface area contributed by atoms with Crippen molar-refractivity contribution in [2.45, 2.75) is 44.7 Å². The Morgan fingerprint density at radius 2 is 2.17 bits per heavy atom. The summed E-state index contributed by atoms with van der Waals surface area (Å²) in [5.41, 5.74) is 0.639. The van der Waals surface area contributed by atoms with E-state index in [2.05, 4.69) is 5.32 Å². The van der Waals surface area contributed by atoms with Crippen molar-refractivity contribution in [1.29, 1.82) is 0 Å². The van der Waals surface area contributed by atoms with E-state index < -0.39 is 5.97 Å². The van der Waals surface area contributed by atoms with Crippen molar-refractivity contribution in [2.75, 3.05) is 6.61 Å². The molecule has 2 rings (SSSR count). The van der Waals surface area contributed by atoms with Gasteiger partial charge in [-0.25, -0.2) is 4.79 Å². The quantitative estimate of drug-likeness (QED) is 0.743. The summed E-state index contributed by atoms with van der Waals surface area (Å²) < 4.78 is 5.16. The van der Waals surface area contributed by atoms with E-state index in [1.807, 2.05) is 0 Å². The van der Waals surface area contributed by atoms with Crippen molar-refractivity contribution in [3.63, 3.8) is 0 Å². The molecule has 1 saturated carbocycles. The van der Waals surface area contributed by atoms with Crippen molar-refractivity contribution in [2.24, 2.45) is 0 Å². The van der Waals surface area contributed by atoms with Crippen molar-refractivity contribution in [3.05, 3.63) is 23.2 Å². The van der Waals surface area contributed by atoms with Gasteiger partial charge in [0.25, 0.3) is 0 Å². The topological polar surface area (TPSA) is 82.7 Å². The smallest absolute Gasteiger partial charge is 0.371 e. The van der Waals surface area contributed by atoms with E-state index in [4.69, 9.17) is 9.52 Å². The standard InChI is InChI=1S/C13H19NO4/c1-9-10(6-11(18-9)12(16)17)7-14-13(8-15)4-2-3-5-13/h6,14-15H,2-5,7-8H2,1H3,(H,16,17). The van der Waals surface area contributed by atoms with Gasteiger partial charge in [-0.1, -0.05) is 12.8 Å². The Balaban J connectivity index is 2.03. The summed E-state index contributed by atoms with van der Waals surface area (Å²) in [5.74, 6) is -0.471. The highest BCUT2D eigenvalue weighted by Crippen LogP contribution is 2.29. The molecule has 100 valence electrons. The molecule has 0 amide bonds. The number of aryl methyl sites for hydroxylation is 1. The molecule has 3 N–H and O–H groups in total. The first-order chi connectivity index (χ1) is 8.56. The summed E-state index contributed by atoms with van der Waals surface area (Å²) in [6.45, 7) is 2.41. The van der Waals surface area contributed by atoms with E-state index in [9.17, 15) is 9.90 Å².